The Morgan fingerprint density at radius 1 is 0.950 bits per heavy atom. The predicted octanol–water partition coefficient (Wildman–Crippen LogP) is 3.33. The molecule has 3 nitrogen and oxygen atoms in total. The largest absolute Gasteiger partial charge is 0.273 e. The smallest absolute Gasteiger partial charge is 0.267 e. The van der Waals surface area contributed by atoms with Crippen LogP contribution in [0, 0.1) is 0 Å². The quantitative estimate of drug-likeness (QED) is 0.819. The van der Waals surface area contributed by atoms with Crippen LogP contribution >= 0.6 is 0 Å². The van der Waals surface area contributed by atoms with E-state index >= 15 is 0 Å². The van der Waals surface area contributed by atoms with E-state index in [4.69, 9.17) is 0 Å². The number of hydrogen-bond donors (Lipinski definition) is 0. The molecule has 1 amide bonds. The summed E-state index contributed by atoms with van der Waals surface area (Å²) in [5, 5.41) is 6.11. The second-order valence-electron chi connectivity index (χ2n) is 4.81. The van der Waals surface area contributed by atoms with Gasteiger partial charge >= 0.3 is 0 Å². The second-order valence-corrected chi connectivity index (χ2v) is 4.81. The van der Waals surface area contributed by atoms with E-state index in [2.05, 4.69) is 5.10 Å². The number of carbonyl (C=O) groups excluding carboxylic acids is 1. The average molecular weight is 264 g/mol. The zero-order chi connectivity index (χ0) is 13.8. The zero-order valence-corrected chi connectivity index (χ0v) is 11.2. The molecule has 2 aromatic carbocycles. The number of amides is 1. The van der Waals surface area contributed by atoms with Crippen molar-refractivity contribution in [1.29, 1.82) is 0 Å². The SMILES string of the molecule is O=C(c1ccccc1)N1CCCC(c2ccccc2)=N1. The summed E-state index contributed by atoms with van der Waals surface area (Å²) in [6.07, 6.45) is 1.87. The first-order valence-electron chi connectivity index (χ1n) is 6.84. The summed E-state index contributed by atoms with van der Waals surface area (Å²) in [5.41, 5.74) is 2.77. The molecule has 0 saturated heterocycles. The maximum atomic E-state index is 12.4. The van der Waals surface area contributed by atoms with Gasteiger partial charge in [0.05, 0.1) is 5.71 Å². The molecule has 0 aromatic heterocycles. The molecule has 3 rings (SSSR count). The number of benzene rings is 2. The molecule has 0 atom stereocenters. The van der Waals surface area contributed by atoms with Gasteiger partial charge in [0.2, 0.25) is 0 Å². The first-order chi connectivity index (χ1) is 9.84. The minimum atomic E-state index is -0.0290. The number of nitrogens with zero attached hydrogens (tertiary/aromatic N) is 2. The minimum Gasteiger partial charge on any atom is -0.267 e. The van der Waals surface area contributed by atoms with Crippen molar-refractivity contribution in [1.82, 2.24) is 5.01 Å². The molecule has 100 valence electrons. The number of hydrazone groups is 1. The van der Waals surface area contributed by atoms with Crippen LogP contribution in [0.25, 0.3) is 0 Å². The van der Waals surface area contributed by atoms with Gasteiger partial charge in [-0.05, 0) is 30.5 Å². The Hall–Kier alpha value is -2.42. The van der Waals surface area contributed by atoms with E-state index in [0.29, 0.717) is 12.1 Å². The summed E-state index contributed by atoms with van der Waals surface area (Å²) < 4.78 is 0. The van der Waals surface area contributed by atoms with Gasteiger partial charge in [-0.3, -0.25) is 4.79 Å². The van der Waals surface area contributed by atoms with Gasteiger partial charge in [-0.25, -0.2) is 5.01 Å². The fourth-order valence-corrected chi connectivity index (χ4v) is 2.35. The zero-order valence-electron chi connectivity index (χ0n) is 11.2. The molecule has 1 aliphatic heterocycles. The third kappa shape index (κ3) is 2.62. The fourth-order valence-electron chi connectivity index (χ4n) is 2.35. The molecule has 0 N–H and O–H groups in total. The van der Waals surface area contributed by atoms with Gasteiger partial charge in [-0.1, -0.05) is 48.5 Å². The molecule has 0 fully saturated rings. The molecule has 2 aromatic rings. The molecule has 0 unspecified atom stereocenters. The van der Waals surface area contributed by atoms with Gasteiger partial charge < -0.3 is 0 Å². The summed E-state index contributed by atoms with van der Waals surface area (Å²) >= 11 is 0. The molecule has 0 radical (unpaired) electrons. The lowest BCUT2D eigenvalue weighted by Gasteiger charge is -2.23. The lowest BCUT2D eigenvalue weighted by atomic mass is 10.0. The third-order valence-electron chi connectivity index (χ3n) is 3.39. The molecule has 0 aliphatic carbocycles. The van der Waals surface area contributed by atoms with Crippen molar-refractivity contribution in [3.8, 4) is 0 Å². The Kier molecular flexibility index (Phi) is 3.59. The van der Waals surface area contributed by atoms with Gasteiger partial charge in [0.15, 0.2) is 0 Å². The molecule has 0 saturated carbocycles. The first kappa shape index (κ1) is 12.6. The van der Waals surface area contributed by atoms with Gasteiger partial charge in [-0.15, -0.1) is 0 Å². The summed E-state index contributed by atoms with van der Waals surface area (Å²) in [5.74, 6) is -0.0290. The second kappa shape index (κ2) is 5.70. The predicted molar refractivity (Wildman–Crippen MR) is 79.7 cm³/mol. The van der Waals surface area contributed by atoms with Crippen LogP contribution < -0.4 is 0 Å². The normalized spacial score (nSPS) is 14.8. The van der Waals surface area contributed by atoms with Crippen molar-refractivity contribution in [2.24, 2.45) is 5.10 Å². The van der Waals surface area contributed by atoms with Crippen LogP contribution in [0.5, 0.6) is 0 Å². The minimum absolute atomic E-state index is 0.0290. The monoisotopic (exact) mass is 264 g/mol. The molecule has 0 bridgehead atoms. The summed E-state index contributed by atoms with van der Waals surface area (Å²) in [4.78, 5) is 12.4. The Morgan fingerprint density at radius 2 is 1.60 bits per heavy atom. The van der Waals surface area contributed by atoms with Crippen LogP contribution in [0.15, 0.2) is 65.8 Å². The summed E-state index contributed by atoms with van der Waals surface area (Å²) in [6.45, 7) is 0.685. The number of rotatable bonds is 2. The van der Waals surface area contributed by atoms with Crippen LogP contribution in [0.1, 0.15) is 28.8 Å². The van der Waals surface area contributed by atoms with E-state index in [0.717, 1.165) is 24.1 Å². The van der Waals surface area contributed by atoms with Crippen LogP contribution in [-0.2, 0) is 0 Å². The van der Waals surface area contributed by atoms with Crippen LogP contribution in [0.2, 0.25) is 0 Å². The number of carbonyl (C=O) groups is 1. The van der Waals surface area contributed by atoms with Gasteiger partial charge in [0, 0.05) is 12.1 Å². The standard InChI is InChI=1S/C17H16N2O/c20-17(15-10-5-2-6-11-15)19-13-7-12-16(18-19)14-8-3-1-4-9-14/h1-6,8-11H,7,12-13H2. The molecule has 3 heteroatoms. The van der Waals surface area contributed by atoms with Gasteiger partial charge in [0.25, 0.3) is 5.91 Å². The maximum Gasteiger partial charge on any atom is 0.273 e. The average Bonchev–Trinajstić information content (AvgIpc) is 2.56. The molecule has 1 heterocycles. The van der Waals surface area contributed by atoms with Gasteiger partial charge in [0.1, 0.15) is 0 Å². The highest BCUT2D eigenvalue weighted by Gasteiger charge is 2.20. The van der Waals surface area contributed by atoms with Crippen LogP contribution in [0.3, 0.4) is 0 Å². The highest BCUT2D eigenvalue weighted by atomic mass is 16.2. The van der Waals surface area contributed by atoms with E-state index in [-0.39, 0.29) is 5.91 Å². The lowest BCUT2D eigenvalue weighted by Crippen LogP contribution is -2.32. The van der Waals surface area contributed by atoms with E-state index in [1.165, 1.54) is 0 Å². The van der Waals surface area contributed by atoms with Crippen LogP contribution in [0.4, 0.5) is 0 Å². The highest BCUT2D eigenvalue weighted by molar-refractivity contribution is 6.02. The van der Waals surface area contributed by atoms with Crippen molar-refractivity contribution < 1.29 is 4.79 Å². The van der Waals surface area contributed by atoms with E-state index in [1.54, 1.807) is 5.01 Å². The Balaban J connectivity index is 1.86. The summed E-state index contributed by atoms with van der Waals surface area (Å²) in [6, 6.07) is 19.4. The van der Waals surface area contributed by atoms with E-state index in [9.17, 15) is 4.79 Å². The topological polar surface area (TPSA) is 32.7 Å². The Bertz CT molecular complexity index is 620. The molecule has 1 aliphatic rings. The van der Waals surface area contributed by atoms with Crippen molar-refractivity contribution in [3.05, 3.63) is 71.8 Å². The molecular formula is C17H16N2O. The molecule has 0 spiro atoms. The molecule has 20 heavy (non-hydrogen) atoms. The van der Waals surface area contributed by atoms with Crippen molar-refractivity contribution in [3.63, 3.8) is 0 Å². The maximum absolute atomic E-state index is 12.4. The number of hydrogen-bond acceptors (Lipinski definition) is 2. The lowest BCUT2D eigenvalue weighted by molar-refractivity contribution is 0.0751. The Labute approximate surface area is 118 Å². The fraction of sp³-hybridized carbons (Fsp3) is 0.176. The molecular weight excluding hydrogens is 248 g/mol. The van der Waals surface area contributed by atoms with E-state index in [1.807, 2.05) is 60.7 Å². The van der Waals surface area contributed by atoms with Crippen molar-refractivity contribution >= 4 is 11.6 Å². The first-order valence-corrected chi connectivity index (χ1v) is 6.84. The van der Waals surface area contributed by atoms with E-state index < -0.39 is 0 Å². The van der Waals surface area contributed by atoms with Crippen molar-refractivity contribution in [2.45, 2.75) is 12.8 Å². The van der Waals surface area contributed by atoms with Crippen LogP contribution in [-0.4, -0.2) is 23.2 Å². The third-order valence-corrected chi connectivity index (χ3v) is 3.39. The Morgan fingerprint density at radius 3 is 2.30 bits per heavy atom. The highest BCUT2D eigenvalue weighted by Crippen LogP contribution is 2.16. The van der Waals surface area contributed by atoms with Gasteiger partial charge in [-0.2, -0.15) is 5.10 Å². The summed E-state index contributed by atoms with van der Waals surface area (Å²) in [7, 11) is 0. The van der Waals surface area contributed by atoms with Crippen molar-refractivity contribution in [2.75, 3.05) is 6.54 Å².